The lowest BCUT2D eigenvalue weighted by atomic mass is 9.84. The van der Waals surface area contributed by atoms with E-state index in [4.69, 9.17) is 0 Å². The molecule has 2 N–H and O–H groups in total. The number of unbranched alkanes of at least 4 members (excludes halogenated alkanes) is 1. The lowest BCUT2D eigenvalue weighted by molar-refractivity contribution is -0.122. The minimum Gasteiger partial charge on any atom is -0.356 e. The molecule has 0 heterocycles. The fourth-order valence-corrected chi connectivity index (χ4v) is 4.01. The Balaban J connectivity index is 2.44. The first kappa shape index (κ1) is 22.1. The van der Waals surface area contributed by atoms with Crippen LogP contribution in [0.25, 0.3) is 0 Å². The Hall–Kier alpha value is -0.900. The van der Waals surface area contributed by atoms with Gasteiger partial charge in [0.15, 0.2) is 0 Å². The second kappa shape index (κ2) is 14.3. The van der Waals surface area contributed by atoms with Gasteiger partial charge in [0.25, 0.3) is 0 Å². The summed E-state index contributed by atoms with van der Waals surface area (Å²) in [6, 6.07) is 0. The van der Waals surface area contributed by atoms with Crippen LogP contribution in [0.15, 0.2) is 0 Å². The molecule has 1 amide bonds. The van der Waals surface area contributed by atoms with E-state index < -0.39 is 0 Å². The van der Waals surface area contributed by atoms with Gasteiger partial charge >= 0.3 is 0 Å². The lowest BCUT2D eigenvalue weighted by Crippen LogP contribution is -2.26. The number of Topliss-reactive ketones (excluding diaryl/α,β-unsaturated/α-hetero) is 1. The van der Waals surface area contributed by atoms with Gasteiger partial charge in [0, 0.05) is 19.4 Å². The van der Waals surface area contributed by atoms with Gasteiger partial charge in [-0.15, -0.1) is 0 Å². The van der Waals surface area contributed by atoms with E-state index in [0.29, 0.717) is 12.3 Å². The highest BCUT2D eigenvalue weighted by molar-refractivity contribution is 5.82. The quantitative estimate of drug-likeness (QED) is 0.643. The molecule has 0 bridgehead atoms. The van der Waals surface area contributed by atoms with E-state index in [1.165, 1.54) is 64.2 Å². The third kappa shape index (κ3) is 11.4. The molecule has 0 radical (unpaired) electrons. The van der Waals surface area contributed by atoms with Crippen molar-refractivity contribution in [1.29, 1.82) is 0 Å². The minimum absolute atomic E-state index is 0.0666. The third-order valence-electron chi connectivity index (χ3n) is 5.56. The highest BCUT2D eigenvalue weighted by atomic mass is 16.1. The molecule has 0 aliphatic heterocycles. The summed E-state index contributed by atoms with van der Waals surface area (Å²) in [5.74, 6) is 1.48. The molecular weight excluding hydrogens is 312 g/mol. The molecule has 0 aromatic carbocycles. The standard InChI is InChI=1S/C21H40N2O2/c1-18(24)23-16-10-9-12-19-11-7-5-3-4-6-8-13-20(15-14-19)21(25)17-22-2/h19-20,22H,3-17H2,1-2H3,(H,23,24). The summed E-state index contributed by atoms with van der Waals surface area (Å²) in [7, 11) is 1.87. The normalized spacial score (nSPS) is 23.3. The highest BCUT2D eigenvalue weighted by Crippen LogP contribution is 2.27. The number of hydrogen-bond donors (Lipinski definition) is 2. The molecule has 1 aliphatic carbocycles. The van der Waals surface area contributed by atoms with Gasteiger partial charge in [0.1, 0.15) is 5.78 Å². The molecule has 1 aliphatic rings. The van der Waals surface area contributed by atoms with Gasteiger partial charge in [0.2, 0.25) is 5.91 Å². The molecule has 0 aromatic heterocycles. The Labute approximate surface area is 154 Å². The van der Waals surface area contributed by atoms with Crippen molar-refractivity contribution < 1.29 is 9.59 Å². The van der Waals surface area contributed by atoms with E-state index in [0.717, 1.165) is 31.7 Å². The van der Waals surface area contributed by atoms with Crippen LogP contribution in [0.5, 0.6) is 0 Å². The number of likely N-dealkylation sites (N-methyl/N-ethyl adjacent to an activating group) is 1. The fourth-order valence-electron chi connectivity index (χ4n) is 4.01. The lowest BCUT2D eigenvalue weighted by Gasteiger charge is -2.22. The maximum absolute atomic E-state index is 12.4. The Morgan fingerprint density at radius 2 is 1.56 bits per heavy atom. The van der Waals surface area contributed by atoms with Crippen LogP contribution in [0.3, 0.4) is 0 Å². The van der Waals surface area contributed by atoms with Gasteiger partial charge in [0.05, 0.1) is 6.54 Å². The van der Waals surface area contributed by atoms with Crippen molar-refractivity contribution in [2.24, 2.45) is 11.8 Å². The molecule has 4 heteroatoms. The van der Waals surface area contributed by atoms with Gasteiger partial charge in [-0.25, -0.2) is 0 Å². The van der Waals surface area contributed by atoms with Crippen LogP contribution in [-0.2, 0) is 9.59 Å². The van der Waals surface area contributed by atoms with E-state index in [-0.39, 0.29) is 11.8 Å². The van der Waals surface area contributed by atoms with E-state index >= 15 is 0 Å². The number of carbonyl (C=O) groups excluding carboxylic acids is 2. The van der Waals surface area contributed by atoms with E-state index in [2.05, 4.69) is 10.6 Å². The zero-order valence-corrected chi connectivity index (χ0v) is 16.6. The number of nitrogens with one attached hydrogen (secondary N) is 2. The molecule has 1 fully saturated rings. The van der Waals surface area contributed by atoms with Gasteiger partial charge < -0.3 is 10.6 Å². The first-order valence-corrected chi connectivity index (χ1v) is 10.5. The van der Waals surface area contributed by atoms with E-state index in [1.807, 2.05) is 7.05 Å². The average molecular weight is 353 g/mol. The fraction of sp³-hybridized carbons (Fsp3) is 0.905. The zero-order valence-electron chi connectivity index (χ0n) is 16.6. The number of ketones is 1. The largest absolute Gasteiger partial charge is 0.356 e. The number of carbonyl (C=O) groups is 2. The Morgan fingerprint density at radius 1 is 0.880 bits per heavy atom. The third-order valence-corrected chi connectivity index (χ3v) is 5.56. The van der Waals surface area contributed by atoms with Crippen molar-refractivity contribution in [3.63, 3.8) is 0 Å². The predicted octanol–water partition coefficient (Wildman–Crippen LogP) is 4.23. The molecular formula is C21H40N2O2. The Kier molecular flexibility index (Phi) is 12.7. The van der Waals surface area contributed by atoms with E-state index in [1.54, 1.807) is 6.92 Å². The number of amides is 1. The van der Waals surface area contributed by atoms with Crippen molar-refractivity contribution in [2.75, 3.05) is 20.1 Å². The summed E-state index contributed by atoms with van der Waals surface area (Å²) in [6.07, 6.45) is 16.0. The molecule has 2 atom stereocenters. The molecule has 0 spiro atoms. The van der Waals surface area contributed by atoms with Crippen molar-refractivity contribution in [2.45, 2.75) is 90.4 Å². The van der Waals surface area contributed by atoms with Crippen LogP contribution in [0.2, 0.25) is 0 Å². The summed E-state index contributed by atoms with van der Waals surface area (Å²) in [5, 5.41) is 5.92. The highest BCUT2D eigenvalue weighted by Gasteiger charge is 2.20. The van der Waals surface area contributed by atoms with Crippen LogP contribution in [-0.4, -0.2) is 31.8 Å². The van der Waals surface area contributed by atoms with Crippen molar-refractivity contribution in [3.8, 4) is 0 Å². The first-order valence-electron chi connectivity index (χ1n) is 10.5. The summed E-state index contributed by atoms with van der Waals surface area (Å²) in [5.41, 5.74) is 0. The van der Waals surface area contributed by atoms with Crippen molar-refractivity contribution >= 4 is 11.7 Å². The molecule has 146 valence electrons. The molecule has 0 saturated heterocycles. The molecule has 1 rings (SSSR count). The predicted molar refractivity (Wildman–Crippen MR) is 105 cm³/mol. The second-order valence-electron chi connectivity index (χ2n) is 7.81. The maximum atomic E-state index is 12.4. The molecule has 1 saturated carbocycles. The summed E-state index contributed by atoms with van der Waals surface area (Å²) >= 11 is 0. The number of hydrogen-bond acceptors (Lipinski definition) is 3. The topological polar surface area (TPSA) is 58.2 Å². The monoisotopic (exact) mass is 352 g/mol. The van der Waals surface area contributed by atoms with Gasteiger partial charge in [-0.1, -0.05) is 57.8 Å². The molecule has 0 aromatic rings. The SMILES string of the molecule is CNCC(=O)C1CCCCCCCCC(CCCCNC(C)=O)CC1. The second-order valence-corrected chi connectivity index (χ2v) is 7.81. The van der Waals surface area contributed by atoms with Gasteiger partial charge in [-0.05, 0) is 38.6 Å². The molecule has 4 nitrogen and oxygen atoms in total. The Bertz CT molecular complexity index is 371. The molecule has 2 unspecified atom stereocenters. The van der Waals surface area contributed by atoms with Crippen LogP contribution < -0.4 is 10.6 Å². The maximum Gasteiger partial charge on any atom is 0.216 e. The molecule has 25 heavy (non-hydrogen) atoms. The van der Waals surface area contributed by atoms with Gasteiger partial charge in [-0.3, -0.25) is 9.59 Å². The smallest absolute Gasteiger partial charge is 0.216 e. The average Bonchev–Trinajstić information content (AvgIpc) is 2.56. The number of rotatable bonds is 8. The minimum atomic E-state index is 0.0666. The van der Waals surface area contributed by atoms with Crippen molar-refractivity contribution in [1.82, 2.24) is 10.6 Å². The summed E-state index contributed by atoms with van der Waals surface area (Å²) in [4.78, 5) is 23.3. The summed E-state index contributed by atoms with van der Waals surface area (Å²) in [6.45, 7) is 2.90. The van der Waals surface area contributed by atoms with Gasteiger partial charge in [-0.2, -0.15) is 0 Å². The summed E-state index contributed by atoms with van der Waals surface area (Å²) < 4.78 is 0. The van der Waals surface area contributed by atoms with Crippen LogP contribution in [0, 0.1) is 11.8 Å². The Morgan fingerprint density at radius 3 is 2.24 bits per heavy atom. The zero-order chi connectivity index (χ0) is 18.3. The van der Waals surface area contributed by atoms with Crippen LogP contribution in [0.4, 0.5) is 0 Å². The van der Waals surface area contributed by atoms with E-state index in [9.17, 15) is 9.59 Å². The van der Waals surface area contributed by atoms with Crippen LogP contribution in [0.1, 0.15) is 90.4 Å². The van der Waals surface area contributed by atoms with Crippen molar-refractivity contribution in [3.05, 3.63) is 0 Å². The first-order chi connectivity index (χ1) is 12.1. The van der Waals surface area contributed by atoms with Crippen LogP contribution >= 0.6 is 0 Å².